The Balaban J connectivity index is 2.00. The topological polar surface area (TPSA) is 70.7 Å². The van der Waals surface area contributed by atoms with Gasteiger partial charge in [-0.3, -0.25) is 15.2 Å². The maximum absolute atomic E-state index is 12.2. The number of carbonyl (C=O) groups is 1. The molecule has 1 fully saturated rings. The normalized spacial score (nSPS) is 18.2. The number of carbonyl (C=O) groups excluding carboxylic acids is 1. The highest BCUT2D eigenvalue weighted by Gasteiger charge is 2.39. The maximum Gasteiger partial charge on any atom is 0.296 e. The number of aromatic amines is 1. The second-order valence-electron chi connectivity index (χ2n) is 4.21. The number of nitrogens with one attached hydrogen (secondary N) is 2. The molecule has 0 unspecified atom stereocenters. The molecule has 1 aliphatic rings. The first-order valence-electron chi connectivity index (χ1n) is 5.03. The number of halogens is 2. The summed E-state index contributed by atoms with van der Waals surface area (Å²) in [5.74, 6) is -0.832. The Morgan fingerprint density at radius 3 is 2.69 bits per heavy atom. The van der Waals surface area contributed by atoms with E-state index in [1.165, 1.54) is 0 Å². The smallest absolute Gasteiger partial charge is 0.293 e. The number of anilines is 1. The average molecular weight is 230 g/mol. The van der Waals surface area contributed by atoms with E-state index in [1.54, 1.807) is 0 Å². The van der Waals surface area contributed by atoms with Crippen LogP contribution in [0.4, 0.5) is 14.7 Å². The van der Waals surface area contributed by atoms with Gasteiger partial charge in [0.15, 0.2) is 5.82 Å². The van der Waals surface area contributed by atoms with Crippen LogP contribution in [0.2, 0.25) is 0 Å². The van der Waals surface area contributed by atoms with Crippen LogP contribution in [0.25, 0.3) is 0 Å². The van der Waals surface area contributed by atoms with E-state index < -0.39 is 17.7 Å². The number of amides is 1. The summed E-state index contributed by atoms with van der Waals surface area (Å²) in [6.07, 6.45) is -0.0757. The first-order chi connectivity index (χ1) is 7.51. The SMILES string of the molecule is CC1(C(=O)Nc2n[nH]c(C(F)F)n2)CCC1. The van der Waals surface area contributed by atoms with Gasteiger partial charge in [0.05, 0.1) is 0 Å². The highest BCUT2D eigenvalue weighted by Crippen LogP contribution is 2.40. The van der Waals surface area contributed by atoms with Crippen molar-refractivity contribution in [2.24, 2.45) is 5.41 Å². The van der Waals surface area contributed by atoms with Crippen molar-refractivity contribution in [1.29, 1.82) is 0 Å². The van der Waals surface area contributed by atoms with Crippen molar-refractivity contribution in [3.05, 3.63) is 5.82 Å². The molecule has 1 saturated carbocycles. The summed E-state index contributed by atoms with van der Waals surface area (Å²) in [7, 11) is 0. The molecule has 88 valence electrons. The third kappa shape index (κ3) is 1.89. The lowest BCUT2D eigenvalue weighted by Crippen LogP contribution is -2.39. The second kappa shape index (κ2) is 3.80. The Bertz CT molecular complexity index is 400. The van der Waals surface area contributed by atoms with E-state index in [1.807, 2.05) is 6.92 Å². The van der Waals surface area contributed by atoms with E-state index in [4.69, 9.17) is 0 Å². The van der Waals surface area contributed by atoms with E-state index >= 15 is 0 Å². The van der Waals surface area contributed by atoms with E-state index in [2.05, 4.69) is 20.5 Å². The number of rotatable bonds is 3. The fourth-order valence-corrected chi connectivity index (χ4v) is 1.61. The molecular weight excluding hydrogens is 218 g/mol. The summed E-state index contributed by atoms with van der Waals surface area (Å²) in [5, 5.41) is 8.01. The minimum absolute atomic E-state index is 0.0894. The van der Waals surface area contributed by atoms with Crippen LogP contribution in [0.1, 0.15) is 38.4 Å². The van der Waals surface area contributed by atoms with Gasteiger partial charge in [0.2, 0.25) is 11.9 Å². The van der Waals surface area contributed by atoms with Crippen molar-refractivity contribution in [2.75, 3.05) is 5.32 Å². The van der Waals surface area contributed by atoms with Gasteiger partial charge < -0.3 is 0 Å². The van der Waals surface area contributed by atoms with Gasteiger partial charge in [-0.2, -0.15) is 4.98 Å². The molecule has 0 radical (unpaired) electrons. The molecule has 1 aliphatic carbocycles. The van der Waals surface area contributed by atoms with E-state index in [0.717, 1.165) is 19.3 Å². The summed E-state index contributed by atoms with van der Waals surface area (Å²) >= 11 is 0. The highest BCUT2D eigenvalue weighted by molar-refractivity contribution is 5.94. The standard InChI is InChI=1S/C9H12F2N4O/c1-9(3-2-4-9)7(16)13-8-12-6(5(10)11)14-15-8/h5H,2-4H2,1H3,(H2,12,13,14,15,16). The van der Waals surface area contributed by atoms with Gasteiger partial charge in [-0.1, -0.05) is 13.3 Å². The van der Waals surface area contributed by atoms with Crippen LogP contribution in [0.3, 0.4) is 0 Å². The Hall–Kier alpha value is -1.53. The quantitative estimate of drug-likeness (QED) is 0.832. The molecular formula is C9H12F2N4O. The zero-order valence-electron chi connectivity index (χ0n) is 8.76. The Morgan fingerprint density at radius 2 is 2.25 bits per heavy atom. The summed E-state index contributed by atoms with van der Waals surface area (Å²) in [4.78, 5) is 15.2. The molecule has 16 heavy (non-hydrogen) atoms. The van der Waals surface area contributed by atoms with Crippen LogP contribution >= 0.6 is 0 Å². The van der Waals surface area contributed by atoms with E-state index in [9.17, 15) is 13.6 Å². The molecule has 0 saturated heterocycles. The summed E-state index contributed by atoms with van der Waals surface area (Å²) in [6, 6.07) is 0. The van der Waals surface area contributed by atoms with Gasteiger partial charge >= 0.3 is 0 Å². The molecule has 1 amide bonds. The zero-order valence-corrected chi connectivity index (χ0v) is 8.76. The van der Waals surface area contributed by atoms with Crippen molar-refractivity contribution in [2.45, 2.75) is 32.6 Å². The predicted octanol–water partition coefficient (Wildman–Crippen LogP) is 1.87. The molecule has 1 heterocycles. The van der Waals surface area contributed by atoms with Gasteiger partial charge in [0.25, 0.3) is 6.43 Å². The fraction of sp³-hybridized carbons (Fsp3) is 0.667. The molecule has 5 nitrogen and oxygen atoms in total. The van der Waals surface area contributed by atoms with Crippen LogP contribution in [0.5, 0.6) is 0 Å². The van der Waals surface area contributed by atoms with E-state index in [0.29, 0.717) is 0 Å². The molecule has 2 rings (SSSR count). The fourth-order valence-electron chi connectivity index (χ4n) is 1.61. The average Bonchev–Trinajstić information content (AvgIpc) is 2.62. The number of hydrogen-bond donors (Lipinski definition) is 2. The van der Waals surface area contributed by atoms with E-state index in [-0.39, 0.29) is 11.9 Å². The largest absolute Gasteiger partial charge is 0.296 e. The van der Waals surface area contributed by atoms with Gasteiger partial charge in [0, 0.05) is 5.41 Å². The van der Waals surface area contributed by atoms with Crippen LogP contribution in [-0.2, 0) is 4.79 Å². The first-order valence-corrected chi connectivity index (χ1v) is 5.03. The molecule has 0 aliphatic heterocycles. The van der Waals surface area contributed by atoms with Gasteiger partial charge in [-0.25, -0.2) is 8.78 Å². The minimum atomic E-state index is -2.71. The minimum Gasteiger partial charge on any atom is -0.293 e. The lowest BCUT2D eigenvalue weighted by Gasteiger charge is -2.35. The van der Waals surface area contributed by atoms with Crippen molar-refractivity contribution < 1.29 is 13.6 Å². The van der Waals surface area contributed by atoms with Gasteiger partial charge in [-0.15, -0.1) is 5.10 Å². The van der Waals surface area contributed by atoms with Crippen molar-refractivity contribution in [1.82, 2.24) is 15.2 Å². The number of aromatic nitrogens is 3. The van der Waals surface area contributed by atoms with Crippen LogP contribution in [0.15, 0.2) is 0 Å². The monoisotopic (exact) mass is 230 g/mol. The number of H-pyrrole nitrogens is 1. The molecule has 0 spiro atoms. The summed E-state index contributed by atoms with van der Waals surface area (Å²) < 4.78 is 24.4. The Morgan fingerprint density at radius 1 is 1.56 bits per heavy atom. The second-order valence-corrected chi connectivity index (χ2v) is 4.21. The van der Waals surface area contributed by atoms with Crippen molar-refractivity contribution >= 4 is 11.9 Å². The molecule has 0 atom stereocenters. The first kappa shape index (κ1) is 11.0. The van der Waals surface area contributed by atoms with Crippen molar-refractivity contribution in [3.63, 3.8) is 0 Å². The lowest BCUT2D eigenvalue weighted by molar-refractivity contribution is -0.128. The van der Waals surface area contributed by atoms with Gasteiger partial charge in [0.1, 0.15) is 0 Å². The molecule has 1 aromatic heterocycles. The zero-order chi connectivity index (χ0) is 11.8. The molecule has 0 aromatic carbocycles. The third-order valence-electron chi connectivity index (χ3n) is 2.94. The third-order valence-corrected chi connectivity index (χ3v) is 2.94. The molecule has 2 N–H and O–H groups in total. The lowest BCUT2D eigenvalue weighted by atomic mass is 9.70. The number of nitrogens with zero attached hydrogens (tertiary/aromatic N) is 2. The van der Waals surface area contributed by atoms with Crippen LogP contribution in [0, 0.1) is 5.41 Å². The summed E-state index contributed by atoms with van der Waals surface area (Å²) in [6.45, 7) is 1.84. The highest BCUT2D eigenvalue weighted by atomic mass is 19.3. The predicted molar refractivity (Wildman–Crippen MR) is 51.9 cm³/mol. The van der Waals surface area contributed by atoms with Crippen molar-refractivity contribution in [3.8, 4) is 0 Å². The number of hydrogen-bond acceptors (Lipinski definition) is 3. The van der Waals surface area contributed by atoms with Crippen LogP contribution < -0.4 is 5.32 Å². The summed E-state index contributed by atoms with van der Waals surface area (Å²) in [5.41, 5.74) is -0.397. The Kier molecular flexibility index (Phi) is 2.61. The Labute approximate surface area is 90.6 Å². The van der Waals surface area contributed by atoms with Crippen LogP contribution in [-0.4, -0.2) is 21.1 Å². The number of alkyl halides is 2. The van der Waals surface area contributed by atoms with Gasteiger partial charge in [-0.05, 0) is 12.8 Å². The molecule has 0 bridgehead atoms. The maximum atomic E-state index is 12.2. The molecule has 1 aromatic rings. The molecule has 7 heteroatoms.